The van der Waals surface area contributed by atoms with Crippen molar-refractivity contribution >= 4 is 5.91 Å². The fourth-order valence-electron chi connectivity index (χ4n) is 1.47. The van der Waals surface area contributed by atoms with Crippen LogP contribution in [0.5, 0.6) is 0 Å². The van der Waals surface area contributed by atoms with E-state index in [2.05, 4.69) is 17.2 Å². The third kappa shape index (κ3) is 4.44. The molecule has 0 radical (unpaired) electrons. The van der Waals surface area contributed by atoms with Gasteiger partial charge in [-0.1, -0.05) is 13.3 Å². The summed E-state index contributed by atoms with van der Waals surface area (Å²) in [6.07, 6.45) is 6.81. The zero-order valence-corrected chi connectivity index (χ0v) is 9.72. The average molecular weight is 224 g/mol. The molecule has 90 valence electrons. The molecule has 0 aliphatic heterocycles. The van der Waals surface area contributed by atoms with Gasteiger partial charge in [0.15, 0.2) is 0 Å². The summed E-state index contributed by atoms with van der Waals surface area (Å²) < 4.78 is 1.93. The smallest absolute Gasteiger partial charge is 0.220 e. The van der Waals surface area contributed by atoms with Crippen LogP contribution >= 0.6 is 0 Å². The number of hydrogen-bond donors (Lipinski definition) is 2. The molecule has 0 aliphatic carbocycles. The molecular formula is C11H20N4O. The van der Waals surface area contributed by atoms with E-state index in [4.69, 9.17) is 5.73 Å². The number of aromatic nitrogens is 2. The standard InChI is InChI=1S/C11H20N4O/c1-2-10(8-12)7-11(16)14-4-6-15-5-3-13-9-15/h3,5,9-10H,2,4,6-8,12H2,1H3,(H,14,16). The molecule has 5 nitrogen and oxygen atoms in total. The molecule has 0 aromatic carbocycles. The van der Waals surface area contributed by atoms with E-state index in [9.17, 15) is 4.79 Å². The summed E-state index contributed by atoms with van der Waals surface area (Å²) in [4.78, 5) is 15.4. The molecule has 1 atom stereocenters. The van der Waals surface area contributed by atoms with Crippen LogP contribution in [0.15, 0.2) is 18.7 Å². The van der Waals surface area contributed by atoms with Crippen LogP contribution in [-0.4, -0.2) is 28.5 Å². The van der Waals surface area contributed by atoms with Gasteiger partial charge in [0.2, 0.25) is 5.91 Å². The monoisotopic (exact) mass is 224 g/mol. The fraction of sp³-hybridized carbons (Fsp3) is 0.636. The Labute approximate surface area is 96.0 Å². The van der Waals surface area contributed by atoms with Crippen LogP contribution in [0.3, 0.4) is 0 Å². The summed E-state index contributed by atoms with van der Waals surface area (Å²) in [5.74, 6) is 0.380. The molecule has 1 amide bonds. The molecular weight excluding hydrogens is 204 g/mol. The summed E-state index contributed by atoms with van der Waals surface area (Å²) in [5.41, 5.74) is 5.55. The van der Waals surface area contributed by atoms with Gasteiger partial charge in [0.25, 0.3) is 0 Å². The first-order valence-electron chi connectivity index (χ1n) is 5.68. The maximum absolute atomic E-state index is 11.5. The predicted molar refractivity (Wildman–Crippen MR) is 62.7 cm³/mol. The molecule has 1 unspecified atom stereocenters. The molecule has 0 fully saturated rings. The van der Waals surface area contributed by atoms with E-state index in [-0.39, 0.29) is 5.91 Å². The maximum Gasteiger partial charge on any atom is 0.220 e. The summed E-state index contributed by atoms with van der Waals surface area (Å²) in [5, 5.41) is 2.88. The second-order valence-electron chi connectivity index (χ2n) is 3.86. The third-order valence-corrected chi connectivity index (χ3v) is 2.64. The third-order valence-electron chi connectivity index (χ3n) is 2.64. The quantitative estimate of drug-likeness (QED) is 0.703. The van der Waals surface area contributed by atoms with Gasteiger partial charge in [-0.15, -0.1) is 0 Å². The summed E-state index contributed by atoms with van der Waals surface area (Å²) >= 11 is 0. The molecule has 3 N–H and O–H groups in total. The summed E-state index contributed by atoms with van der Waals surface area (Å²) in [6, 6.07) is 0. The first-order chi connectivity index (χ1) is 7.76. The average Bonchev–Trinajstić information content (AvgIpc) is 2.79. The zero-order chi connectivity index (χ0) is 11.8. The first-order valence-corrected chi connectivity index (χ1v) is 5.68. The van der Waals surface area contributed by atoms with Crippen LogP contribution in [0.4, 0.5) is 0 Å². The Kier molecular flexibility index (Phi) is 5.56. The van der Waals surface area contributed by atoms with E-state index in [0.717, 1.165) is 13.0 Å². The minimum Gasteiger partial charge on any atom is -0.354 e. The van der Waals surface area contributed by atoms with Crippen molar-refractivity contribution < 1.29 is 4.79 Å². The molecule has 0 aliphatic rings. The number of nitrogens with one attached hydrogen (secondary N) is 1. The number of hydrogen-bond acceptors (Lipinski definition) is 3. The predicted octanol–water partition coefficient (Wildman–Crippen LogP) is 0.374. The highest BCUT2D eigenvalue weighted by molar-refractivity contribution is 5.76. The number of amides is 1. The summed E-state index contributed by atoms with van der Waals surface area (Å²) in [6.45, 7) is 4.02. The Morgan fingerprint density at radius 2 is 2.44 bits per heavy atom. The van der Waals surface area contributed by atoms with Crippen LogP contribution in [0.25, 0.3) is 0 Å². The minimum absolute atomic E-state index is 0.0809. The number of carbonyl (C=O) groups is 1. The van der Waals surface area contributed by atoms with E-state index >= 15 is 0 Å². The van der Waals surface area contributed by atoms with Gasteiger partial charge < -0.3 is 15.6 Å². The van der Waals surface area contributed by atoms with Crippen molar-refractivity contribution in [3.8, 4) is 0 Å². The molecule has 0 spiro atoms. The molecule has 0 bridgehead atoms. The van der Waals surface area contributed by atoms with E-state index in [1.165, 1.54) is 0 Å². The normalized spacial score (nSPS) is 12.4. The van der Waals surface area contributed by atoms with Crippen LogP contribution in [0, 0.1) is 5.92 Å². The highest BCUT2D eigenvalue weighted by atomic mass is 16.1. The van der Waals surface area contributed by atoms with Crippen molar-refractivity contribution in [2.75, 3.05) is 13.1 Å². The van der Waals surface area contributed by atoms with Crippen molar-refractivity contribution in [1.82, 2.24) is 14.9 Å². The SMILES string of the molecule is CCC(CN)CC(=O)NCCn1ccnc1. The van der Waals surface area contributed by atoms with E-state index in [1.54, 1.807) is 12.5 Å². The molecule has 16 heavy (non-hydrogen) atoms. The van der Waals surface area contributed by atoms with Gasteiger partial charge in [0, 0.05) is 31.9 Å². The van der Waals surface area contributed by atoms with Crippen molar-refractivity contribution in [1.29, 1.82) is 0 Å². The van der Waals surface area contributed by atoms with Crippen molar-refractivity contribution in [2.45, 2.75) is 26.3 Å². The Bertz CT molecular complexity index is 293. The minimum atomic E-state index is 0.0809. The van der Waals surface area contributed by atoms with Crippen LogP contribution in [-0.2, 0) is 11.3 Å². The molecule has 5 heteroatoms. The zero-order valence-electron chi connectivity index (χ0n) is 9.72. The molecule has 1 aromatic rings. The molecule has 1 aromatic heterocycles. The van der Waals surface area contributed by atoms with Crippen molar-refractivity contribution in [3.63, 3.8) is 0 Å². The lowest BCUT2D eigenvalue weighted by atomic mass is 10.0. The number of imidazole rings is 1. The van der Waals surface area contributed by atoms with E-state index in [0.29, 0.717) is 25.4 Å². The Morgan fingerprint density at radius 1 is 1.62 bits per heavy atom. The molecule has 0 saturated heterocycles. The number of nitrogens with zero attached hydrogens (tertiary/aromatic N) is 2. The fourth-order valence-corrected chi connectivity index (χ4v) is 1.47. The molecule has 1 heterocycles. The first kappa shape index (κ1) is 12.7. The van der Waals surface area contributed by atoms with Gasteiger partial charge in [-0.25, -0.2) is 4.98 Å². The van der Waals surface area contributed by atoms with Gasteiger partial charge in [0.05, 0.1) is 6.33 Å². The van der Waals surface area contributed by atoms with Gasteiger partial charge in [-0.3, -0.25) is 4.79 Å². The Morgan fingerprint density at radius 3 is 3.00 bits per heavy atom. The Hall–Kier alpha value is -1.36. The van der Waals surface area contributed by atoms with Crippen molar-refractivity contribution in [3.05, 3.63) is 18.7 Å². The lowest BCUT2D eigenvalue weighted by Gasteiger charge is -2.12. The van der Waals surface area contributed by atoms with Gasteiger partial charge in [0.1, 0.15) is 0 Å². The topological polar surface area (TPSA) is 72.9 Å². The van der Waals surface area contributed by atoms with E-state index < -0.39 is 0 Å². The maximum atomic E-state index is 11.5. The van der Waals surface area contributed by atoms with Crippen LogP contribution in [0.1, 0.15) is 19.8 Å². The highest BCUT2D eigenvalue weighted by Gasteiger charge is 2.09. The van der Waals surface area contributed by atoms with Crippen LogP contribution in [0.2, 0.25) is 0 Å². The lowest BCUT2D eigenvalue weighted by molar-refractivity contribution is -0.122. The Balaban J connectivity index is 2.15. The summed E-state index contributed by atoms with van der Waals surface area (Å²) in [7, 11) is 0. The number of rotatable bonds is 7. The second kappa shape index (κ2) is 7.00. The molecule has 1 rings (SSSR count). The lowest BCUT2D eigenvalue weighted by Crippen LogP contribution is -2.30. The van der Waals surface area contributed by atoms with Gasteiger partial charge in [-0.2, -0.15) is 0 Å². The van der Waals surface area contributed by atoms with Gasteiger partial charge in [-0.05, 0) is 12.5 Å². The second-order valence-corrected chi connectivity index (χ2v) is 3.86. The van der Waals surface area contributed by atoms with Crippen LogP contribution < -0.4 is 11.1 Å². The van der Waals surface area contributed by atoms with Gasteiger partial charge >= 0.3 is 0 Å². The van der Waals surface area contributed by atoms with Crippen molar-refractivity contribution in [2.24, 2.45) is 11.7 Å². The highest BCUT2D eigenvalue weighted by Crippen LogP contribution is 2.04. The largest absolute Gasteiger partial charge is 0.354 e. The number of carbonyl (C=O) groups excluding carboxylic acids is 1. The molecule has 0 saturated carbocycles. The number of nitrogens with two attached hydrogens (primary N) is 1. The van der Waals surface area contributed by atoms with E-state index in [1.807, 2.05) is 10.8 Å².